The molecule has 0 aliphatic rings. The number of aromatic amines is 1. The van der Waals surface area contributed by atoms with E-state index in [1.165, 1.54) is 13.3 Å². The first kappa shape index (κ1) is 42.9. The topological polar surface area (TPSA) is 175 Å². The Morgan fingerprint density at radius 3 is 2.05 bits per heavy atom. The van der Waals surface area contributed by atoms with Crippen molar-refractivity contribution in [1.82, 2.24) is 24.2 Å². The number of carbonyl (C=O) groups excluding carboxylic acids is 1. The second kappa shape index (κ2) is 20.3. The van der Waals surface area contributed by atoms with E-state index in [9.17, 15) is 14.9 Å². The Hall–Kier alpha value is -5.20. The number of carbonyl (C=O) groups is 1. The summed E-state index contributed by atoms with van der Waals surface area (Å²) in [7, 11) is 1.61. The van der Waals surface area contributed by atoms with Gasteiger partial charge >= 0.3 is 0 Å². The fourth-order valence-corrected chi connectivity index (χ4v) is 7.99. The molecule has 2 atom stereocenters. The molecule has 0 saturated heterocycles. The van der Waals surface area contributed by atoms with E-state index in [4.69, 9.17) is 28.0 Å². The van der Waals surface area contributed by atoms with E-state index in [1.807, 2.05) is 78.9 Å². The van der Waals surface area contributed by atoms with Crippen LogP contribution in [-0.2, 0) is 35.6 Å². The summed E-state index contributed by atoms with van der Waals surface area (Å²) in [6, 6.07) is 27.7. The molecule has 5 aromatic rings. The Balaban J connectivity index is 1.56. The molecule has 302 valence electrons. The van der Waals surface area contributed by atoms with Gasteiger partial charge < -0.3 is 28.0 Å². The van der Waals surface area contributed by atoms with Gasteiger partial charge in [-0.2, -0.15) is 10.2 Å². The highest BCUT2D eigenvalue weighted by Gasteiger charge is 2.39. The van der Waals surface area contributed by atoms with Gasteiger partial charge in [0, 0.05) is 19.0 Å². The number of methoxy groups -OCH3 is 2. The molecule has 57 heavy (non-hydrogen) atoms. The molecule has 0 fully saturated rings. The van der Waals surface area contributed by atoms with Crippen LogP contribution >= 0.6 is 8.53 Å². The minimum Gasteiger partial charge on any atom is -0.497 e. The van der Waals surface area contributed by atoms with E-state index in [0.29, 0.717) is 11.5 Å². The minimum atomic E-state index is -1.63. The fraction of sp³-hybridized carbons (Fsp3) is 0.390. The summed E-state index contributed by atoms with van der Waals surface area (Å²) in [5.41, 5.74) is 1.16. The number of nitriles is 1. The molecule has 2 N–H and O–H groups in total. The number of hydrogen-bond acceptors (Lipinski definition) is 12. The zero-order valence-electron chi connectivity index (χ0n) is 33.3. The Morgan fingerprint density at radius 1 is 0.912 bits per heavy atom. The zero-order valence-corrected chi connectivity index (χ0v) is 34.2. The molecule has 0 bridgehead atoms. The lowest BCUT2D eigenvalue weighted by molar-refractivity contribution is -0.114. The van der Waals surface area contributed by atoms with Crippen LogP contribution in [0, 0.1) is 11.3 Å². The molecule has 0 aliphatic heterocycles. The number of imidazole rings is 1. The van der Waals surface area contributed by atoms with Gasteiger partial charge in [0.2, 0.25) is 11.9 Å². The molecule has 5 rings (SSSR count). The molecule has 15 nitrogen and oxygen atoms in total. The number of amides is 1. The van der Waals surface area contributed by atoms with Crippen molar-refractivity contribution in [1.29, 1.82) is 5.26 Å². The van der Waals surface area contributed by atoms with Crippen molar-refractivity contribution >= 4 is 31.5 Å². The zero-order chi connectivity index (χ0) is 41.0. The number of hydrogen-bond donors (Lipinski definition) is 2. The molecule has 1 unspecified atom stereocenters. The van der Waals surface area contributed by atoms with E-state index in [-0.39, 0.29) is 62.2 Å². The molecule has 3 aromatic carbocycles. The summed E-state index contributed by atoms with van der Waals surface area (Å²) in [5, 5.41) is 11.8. The molecule has 1 amide bonds. The van der Waals surface area contributed by atoms with Gasteiger partial charge in [0.25, 0.3) is 14.1 Å². The highest BCUT2D eigenvalue weighted by Crippen LogP contribution is 2.47. The van der Waals surface area contributed by atoms with E-state index in [1.54, 1.807) is 18.8 Å². The average molecular weight is 800 g/mol. The van der Waals surface area contributed by atoms with Crippen LogP contribution in [0.1, 0.15) is 57.7 Å². The number of fused-ring (bicyclic) bond motifs is 1. The molecule has 0 aliphatic carbocycles. The summed E-state index contributed by atoms with van der Waals surface area (Å²) >= 11 is 0. The lowest BCUT2D eigenvalue weighted by Crippen LogP contribution is -2.38. The van der Waals surface area contributed by atoms with Gasteiger partial charge in [0.1, 0.15) is 29.9 Å². The number of nitrogens with one attached hydrogen (secondary N) is 2. The van der Waals surface area contributed by atoms with Crippen LogP contribution in [0.2, 0.25) is 0 Å². The highest BCUT2D eigenvalue weighted by molar-refractivity contribution is 7.44. The summed E-state index contributed by atoms with van der Waals surface area (Å²) < 4.78 is 41.3. The van der Waals surface area contributed by atoms with Crippen LogP contribution in [0.15, 0.2) is 90.0 Å². The third-order valence-corrected chi connectivity index (χ3v) is 11.0. The van der Waals surface area contributed by atoms with E-state index < -0.39 is 31.7 Å². The van der Waals surface area contributed by atoms with Crippen molar-refractivity contribution in [2.45, 2.75) is 71.6 Å². The van der Waals surface area contributed by atoms with Gasteiger partial charge in [-0.3, -0.25) is 24.5 Å². The van der Waals surface area contributed by atoms with E-state index in [2.05, 4.69) is 58.7 Å². The normalized spacial score (nSPS) is 12.9. The summed E-state index contributed by atoms with van der Waals surface area (Å²) in [6.45, 7) is 9.72. The van der Waals surface area contributed by atoms with E-state index in [0.717, 1.165) is 16.7 Å². The Labute approximate surface area is 333 Å². The van der Waals surface area contributed by atoms with Crippen molar-refractivity contribution in [3.63, 3.8) is 0 Å². The molecular formula is C41H50N7O8P. The number of aromatic nitrogens is 4. The Morgan fingerprint density at radius 2 is 1.51 bits per heavy atom. The van der Waals surface area contributed by atoms with Crippen LogP contribution in [-0.4, -0.2) is 82.3 Å². The lowest BCUT2D eigenvalue weighted by Gasteiger charge is -2.38. The monoisotopic (exact) mass is 799 g/mol. The maximum atomic E-state index is 12.8. The number of anilines is 1. The second-order valence-corrected chi connectivity index (χ2v) is 15.0. The lowest BCUT2D eigenvalue weighted by atomic mass is 9.80. The van der Waals surface area contributed by atoms with Crippen molar-refractivity contribution in [3.05, 3.63) is 112 Å². The smallest absolute Gasteiger partial charge is 0.280 e. The number of nitrogens with zero attached hydrogens (tertiary/aromatic N) is 5. The van der Waals surface area contributed by atoms with Crippen molar-refractivity contribution in [2.75, 3.05) is 39.4 Å². The number of ether oxygens (including phenoxy) is 4. The van der Waals surface area contributed by atoms with Gasteiger partial charge in [0.05, 0.1) is 52.9 Å². The molecule has 0 saturated carbocycles. The number of rotatable bonds is 21. The highest BCUT2D eigenvalue weighted by atomic mass is 31.2. The van der Waals surface area contributed by atoms with Crippen LogP contribution in [0.3, 0.4) is 0 Å². The maximum Gasteiger partial charge on any atom is 0.280 e. The first-order valence-corrected chi connectivity index (χ1v) is 19.7. The SMILES string of the molecule is COc1ccc(C(OC[C@H](COP(OCCC#N)N(C(C)C)C(C)C)OCn2cnc3c(=O)[nH]c(NC(C)=O)nc32)(c2ccccc2)c2ccc(OC)cc2)cc1. The van der Waals surface area contributed by atoms with Gasteiger partial charge in [-0.15, -0.1) is 0 Å². The summed E-state index contributed by atoms with van der Waals surface area (Å²) in [4.78, 5) is 35.8. The number of benzene rings is 3. The van der Waals surface area contributed by atoms with Gasteiger partial charge in [0.15, 0.2) is 11.2 Å². The predicted molar refractivity (Wildman–Crippen MR) is 217 cm³/mol. The molecule has 2 aromatic heterocycles. The fourth-order valence-electron chi connectivity index (χ4n) is 6.36. The Kier molecular flexibility index (Phi) is 15.3. The summed E-state index contributed by atoms with van der Waals surface area (Å²) in [5.74, 6) is 0.974. The van der Waals surface area contributed by atoms with Gasteiger partial charge in [-0.1, -0.05) is 54.6 Å². The van der Waals surface area contributed by atoms with Crippen molar-refractivity contribution in [3.8, 4) is 17.6 Å². The molecule has 0 radical (unpaired) electrons. The first-order valence-electron chi connectivity index (χ1n) is 18.5. The predicted octanol–water partition coefficient (Wildman–Crippen LogP) is 6.74. The van der Waals surface area contributed by atoms with Crippen molar-refractivity contribution in [2.24, 2.45) is 0 Å². The van der Waals surface area contributed by atoms with Crippen molar-refractivity contribution < 1.29 is 32.8 Å². The van der Waals surface area contributed by atoms with Crippen LogP contribution < -0.4 is 20.3 Å². The third kappa shape index (κ3) is 10.6. The molecular weight excluding hydrogens is 749 g/mol. The molecule has 2 heterocycles. The summed E-state index contributed by atoms with van der Waals surface area (Å²) in [6.07, 6.45) is 0.923. The second-order valence-electron chi connectivity index (χ2n) is 13.6. The van der Waals surface area contributed by atoms with Crippen LogP contribution in [0.25, 0.3) is 11.2 Å². The first-order chi connectivity index (χ1) is 27.5. The average Bonchev–Trinajstić information content (AvgIpc) is 3.62. The van der Waals surface area contributed by atoms with Crippen LogP contribution in [0.5, 0.6) is 11.5 Å². The minimum absolute atomic E-state index is 0.00939. The van der Waals surface area contributed by atoms with Crippen LogP contribution in [0.4, 0.5) is 5.95 Å². The molecule has 0 spiro atoms. The third-order valence-electron chi connectivity index (χ3n) is 8.91. The molecule has 16 heteroatoms. The quantitative estimate of drug-likeness (QED) is 0.0455. The number of H-pyrrole nitrogens is 1. The largest absolute Gasteiger partial charge is 0.497 e. The van der Waals surface area contributed by atoms with Gasteiger partial charge in [-0.05, 0) is 68.7 Å². The standard InChI is InChI=1S/C41H50N7O8P/c1-28(2)48(29(3)4)57(55-23-11-22-42)56-25-36(53-27-47-26-43-37-38(47)45-40(44-30(5)49)46-39(37)50)24-54-41(31-12-9-8-10-13-31,32-14-18-34(51-6)19-15-32)33-16-20-35(52-7)21-17-33/h8-10,12-21,26,28-29,36H,11,23-25,27H2,1-7H3,(H2,44,45,46,49,50)/t36-,57?/m1/s1. The maximum absolute atomic E-state index is 12.8. The Bertz CT molecular complexity index is 2080. The van der Waals surface area contributed by atoms with E-state index >= 15 is 0 Å². The van der Waals surface area contributed by atoms with Gasteiger partial charge in [-0.25, -0.2) is 9.65 Å².